The molecule has 0 bridgehead atoms. The van der Waals surface area contributed by atoms with E-state index >= 15 is 0 Å². The summed E-state index contributed by atoms with van der Waals surface area (Å²) in [5.41, 5.74) is 0.534. The highest BCUT2D eigenvalue weighted by molar-refractivity contribution is 6.16. The maximum Gasteiger partial charge on any atom is 0.267 e. The van der Waals surface area contributed by atoms with Crippen molar-refractivity contribution in [1.82, 2.24) is 10.2 Å². The first-order valence-electron chi connectivity index (χ1n) is 10.9. The summed E-state index contributed by atoms with van der Waals surface area (Å²) in [6.07, 6.45) is 7.46. The predicted molar refractivity (Wildman–Crippen MR) is 117 cm³/mol. The van der Waals surface area contributed by atoms with Gasteiger partial charge in [-0.25, -0.2) is 0 Å². The lowest BCUT2D eigenvalue weighted by atomic mass is 9.93. The molecule has 1 saturated heterocycles. The van der Waals surface area contributed by atoms with Crippen LogP contribution in [0.4, 0.5) is 5.69 Å². The molecule has 2 heterocycles. The number of fused-ring (bicyclic) bond motifs is 3. The van der Waals surface area contributed by atoms with Gasteiger partial charge in [0.05, 0.1) is 11.3 Å². The first-order chi connectivity index (χ1) is 15.1. The smallest absolute Gasteiger partial charge is 0.267 e. The SMILES string of the molecule is O=C1c2ccccc2N2C(=O)CCC2(C(=O)NC2C=CCCC2)N1Cc1ccccc1. The van der Waals surface area contributed by atoms with E-state index in [1.165, 1.54) is 0 Å². The molecule has 0 saturated carbocycles. The summed E-state index contributed by atoms with van der Waals surface area (Å²) in [5.74, 6) is -0.638. The van der Waals surface area contributed by atoms with Gasteiger partial charge >= 0.3 is 0 Å². The monoisotopic (exact) mass is 415 g/mol. The summed E-state index contributed by atoms with van der Waals surface area (Å²) in [6.45, 7) is 0.256. The Labute approximate surface area is 181 Å². The molecule has 6 nitrogen and oxygen atoms in total. The number of carbonyl (C=O) groups is 3. The zero-order chi connectivity index (χ0) is 21.4. The molecule has 3 amide bonds. The fourth-order valence-corrected chi connectivity index (χ4v) is 4.99. The molecule has 6 heteroatoms. The van der Waals surface area contributed by atoms with E-state index in [1.807, 2.05) is 36.4 Å². The average Bonchev–Trinajstić information content (AvgIpc) is 3.16. The quantitative estimate of drug-likeness (QED) is 0.779. The van der Waals surface area contributed by atoms with Crippen LogP contribution in [0, 0.1) is 0 Å². The van der Waals surface area contributed by atoms with Crippen molar-refractivity contribution in [3.05, 3.63) is 77.9 Å². The average molecular weight is 415 g/mol. The summed E-state index contributed by atoms with van der Waals surface area (Å²) in [7, 11) is 0. The molecular weight excluding hydrogens is 390 g/mol. The Kier molecular flexibility index (Phi) is 4.85. The number of hydrogen-bond acceptors (Lipinski definition) is 3. The number of rotatable bonds is 4. The van der Waals surface area contributed by atoms with Crippen LogP contribution >= 0.6 is 0 Å². The van der Waals surface area contributed by atoms with Gasteiger partial charge in [0.2, 0.25) is 11.6 Å². The molecule has 158 valence electrons. The highest BCUT2D eigenvalue weighted by atomic mass is 16.2. The second kappa shape index (κ2) is 7.69. The second-order valence-electron chi connectivity index (χ2n) is 8.38. The molecular formula is C25H25N3O3. The standard InChI is InChI=1S/C25H25N3O3/c29-22-15-16-25(24(31)26-19-11-5-2-6-12-19)27(17-18-9-3-1-4-10-18)23(30)20-13-7-8-14-21(20)28(22)25/h1,3-5,7-11,13-14,19H,2,6,12,15-17H2,(H,26,31). The first kappa shape index (κ1) is 19.5. The third kappa shape index (κ3) is 3.14. The molecule has 2 aromatic carbocycles. The largest absolute Gasteiger partial charge is 0.346 e. The third-order valence-corrected chi connectivity index (χ3v) is 6.49. The van der Waals surface area contributed by atoms with Gasteiger partial charge < -0.3 is 10.2 Å². The van der Waals surface area contributed by atoms with Gasteiger partial charge in [-0.1, -0.05) is 54.6 Å². The number of allylic oxidation sites excluding steroid dienone is 1. The Morgan fingerprint density at radius 1 is 1.06 bits per heavy atom. The van der Waals surface area contributed by atoms with E-state index < -0.39 is 5.66 Å². The van der Waals surface area contributed by atoms with Crippen molar-refractivity contribution in [3.8, 4) is 0 Å². The number of amides is 3. The molecule has 5 rings (SSSR count). The molecule has 2 aliphatic heterocycles. The van der Waals surface area contributed by atoms with Crippen molar-refractivity contribution in [2.45, 2.75) is 50.4 Å². The van der Waals surface area contributed by atoms with E-state index in [0.29, 0.717) is 11.3 Å². The molecule has 2 atom stereocenters. The Balaban J connectivity index is 1.62. The van der Waals surface area contributed by atoms with E-state index in [4.69, 9.17) is 0 Å². The van der Waals surface area contributed by atoms with E-state index in [0.717, 1.165) is 24.8 Å². The maximum absolute atomic E-state index is 13.8. The van der Waals surface area contributed by atoms with Crippen LogP contribution in [0.2, 0.25) is 0 Å². The van der Waals surface area contributed by atoms with Crippen LogP contribution in [0.3, 0.4) is 0 Å². The zero-order valence-corrected chi connectivity index (χ0v) is 17.3. The Morgan fingerprint density at radius 2 is 1.84 bits per heavy atom. The number of para-hydroxylation sites is 1. The van der Waals surface area contributed by atoms with Crippen LogP contribution in [0.1, 0.15) is 48.0 Å². The third-order valence-electron chi connectivity index (χ3n) is 6.49. The molecule has 2 unspecified atom stereocenters. The van der Waals surface area contributed by atoms with Crippen molar-refractivity contribution in [3.63, 3.8) is 0 Å². The van der Waals surface area contributed by atoms with Gasteiger partial charge in [-0.05, 0) is 37.0 Å². The fourth-order valence-electron chi connectivity index (χ4n) is 4.99. The first-order valence-corrected chi connectivity index (χ1v) is 10.9. The molecule has 0 radical (unpaired) electrons. The van der Waals surface area contributed by atoms with E-state index in [-0.39, 0.29) is 43.1 Å². The number of nitrogens with zero attached hydrogens (tertiary/aromatic N) is 2. The van der Waals surface area contributed by atoms with E-state index in [1.54, 1.807) is 34.1 Å². The maximum atomic E-state index is 13.8. The summed E-state index contributed by atoms with van der Waals surface area (Å²) in [5, 5.41) is 3.12. The van der Waals surface area contributed by atoms with Gasteiger partial charge in [0.15, 0.2) is 0 Å². The van der Waals surface area contributed by atoms with Crippen molar-refractivity contribution in [1.29, 1.82) is 0 Å². The van der Waals surface area contributed by atoms with Crippen LogP contribution in [0.5, 0.6) is 0 Å². The lowest BCUT2D eigenvalue weighted by molar-refractivity contribution is -0.134. The number of hydrogen-bond donors (Lipinski definition) is 1. The van der Waals surface area contributed by atoms with E-state index in [9.17, 15) is 14.4 Å². The highest BCUT2D eigenvalue weighted by Crippen LogP contribution is 2.45. The Hall–Kier alpha value is -3.41. The number of anilines is 1. The number of benzene rings is 2. The lowest BCUT2D eigenvalue weighted by Crippen LogP contribution is -2.70. The van der Waals surface area contributed by atoms with Crippen LogP contribution in [0.15, 0.2) is 66.7 Å². The van der Waals surface area contributed by atoms with Crippen molar-refractivity contribution >= 4 is 23.4 Å². The molecule has 1 N–H and O–H groups in total. The van der Waals surface area contributed by atoms with Crippen LogP contribution in [-0.4, -0.2) is 34.3 Å². The summed E-state index contributed by atoms with van der Waals surface area (Å²) >= 11 is 0. The summed E-state index contributed by atoms with van der Waals surface area (Å²) in [4.78, 5) is 43.7. The van der Waals surface area contributed by atoms with Gasteiger partial charge in [0.25, 0.3) is 11.8 Å². The predicted octanol–water partition coefficient (Wildman–Crippen LogP) is 3.39. The van der Waals surface area contributed by atoms with Crippen LogP contribution in [0.25, 0.3) is 0 Å². The van der Waals surface area contributed by atoms with E-state index in [2.05, 4.69) is 11.4 Å². The minimum atomic E-state index is -1.36. The molecule has 3 aliphatic rings. The van der Waals surface area contributed by atoms with Crippen LogP contribution < -0.4 is 10.2 Å². The van der Waals surface area contributed by atoms with Gasteiger partial charge in [-0.15, -0.1) is 0 Å². The zero-order valence-electron chi connectivity index (χ0n) is 17.3. The minimum Gasteiger partial charge on any atom is -0.346 e. The Bertz CT molecular complexity index is 1060. The molecule has 1 aliphatic carbocycles. The van der Waals surface area contributed by atoms with Gasteiger partial charge in [-0.3, -0.25) is 19.3 Å². The number of nitrogens with one attached hydrogen (secondary N) is 1. The van der Waals surface area contributed by atoms with Gasteiger partial charge in [-0.2, -0.15) is 0 Å². The Morgan fingerprint density at radius 3 is 2.61 bits per heavy atom. The topological polar surface area (TPSA) is 69.7 Å². The summed E-state index contributed by atoms with van der Waals surface area (Å²) < 4.78 is 0. The van der Waals surface area contributed by atoms with Crippen LogP contribution in [-0.2, 0) is 16.1 Å². The fraction of sp³-hybridized carbons (Fsp3) is 0.320. The summed E-state index contributed by atoms with van der Waals surface area (Å²) in [6, 6.07) is 16.6. The normalized spacial score (nSPS) is 24.7. The lowest BCUT2D eigenvalue weighted by Gasteiger charge is -2.49. The molecule has 1 fully saturated rings. The van der Waals surface area contributed by atoms with Crippen molar-refractivity contribution in [2.24, 2.45) is 0 Å². The van der Waals surface area contributed by atoms with Gasteiger partial charge in [0.1, 0.15) is 0 Å². The highest BCUT2D eigenvalue weighted by Gasteiger charge is 2.60. The molecule has 0 spiro atoms. The molecule has 2 aromatic rings. The van der Waals surface area contributed by atoms with Crippen molar-refractivity contribution in [2.75, 3.05) is 4.90 Å². The minimum absolute atomic E-state index is 0.0842. The second-order valence-corrected chi connectivity index (χ2v) is 8.38. The number of carbonyl (C=O) groups excluding carboxylic acids is 3. The molecule has 0 aromatic heterocycles. The molecule has 31 heavy (non-hydrogen) atoms. The van der Waals surface area contributed by atoms with Gasteiger partial charge in [0, 0.05) is 25.4 Å². The van der Waals surface area contributed by atoms with Crippen molar-refractivity contribution < 1.29 is 14.4 Å².